The summed E-state index contributed by atoms with van der Waals surface area (Å²) in [6.45, 7) is 0.919. The molecule has 6 aromatic rings. The molecule has 2 aliphatic rings. The van der Waals surface area contributed by atoms with Gasteiger partial charge >= 0.3 is 0 Å². The number of nitrogens with zero attached hydrogens (tertiary/aromatic N) is 1. The van der Waals surface area contributed by atoms with E-state index in [1.165, 1.54) is 61.2 Å². The molecule has 8 rings (SSSR count). The standard InChI is InChI=1S/C41H33N/c1-42(2)28-29-24-26-32(27-25-29)40(30-14-5-3-6-15-30)36-21-11-12-22-37(36)41(31-16-7-4-8-17-31)35-20-10-9-18-33(35)34-19-13-23-38(40)39(34)41/h3-27H,28H2,1-2H3. The average Bonchev–Trinajstić information content (AvgIpc) is 3.35. The van der Waals surface area contributed by atoms with Gasteiger partial charge < -0.3 is 4.90 Å². The Morgan fingerprint density at radius 1 is 0.405 bits per heavy atom. The first-order valence-corrected chi connectivity index (χ1v) is 14.9. The van der Waals surface area contributed by atoms with Gasteiger partial charge in [0.15, 0.2) is 0 Å². The van der Waals surface area contributed by atoms with Crippen LogP contribution in [0.4, 0.5) is 0 Å². The highest BCUT2D eigenvalue weighted by Gasteiger charge is 2.57. The molecule has 2 aliphatic carbocycles. The molecular formula is C41H33N. The van der Waals surface area contributed by atoms with Crippen molar-refractivity contribution in [1.82, 2.24) is 4.90 Å². The van der Waals surface area contributed by atoms with Crippen molar-refractivity contribution in [2.75, 3.05) is 14.1 Å². The fraction of sp³-hybridized carbons (Fsp3) is 0.122. The lowest BCUT2D eigenvalue weighted by molar-refractivity contribution is 0.402. The highest BCUT2D eigenvalue weighted by molar-refractivity contribution is 5.91. The minimum atomic E-state index is -0.472. The second-order valence-corrected chi connectivity index (χ2v) is 12.0. The molecule has 0 saturated carbocycles. The Kier molecular flexibility index (Phi) is 5.61. The van der Waals surface area contributed by atoms with Crippen molar-refractivity contribution in [2.45, 2.75) is 17.4 Å². The van der Waals surface area contributed by atoms with Crippen molar-refractivity contribution in [3.8, 4) is 11.1 Å². The molecule has 202 valence electrons. The molecule has 0 saturated heterocycles. The zero-order valence-electron chi connectivity index (χ0n) is 24.1. The molecule has 2 unspecified atom stereocenters. The van der Waals surface area contributed by atoms with E-state index in [0.29, 0.717) is 0 Å². The molecule has 0 amide bonds. The Labute approximate surface area is 248 Å². The number of fused-ring (bicyclic) bond motifs is 5. The van der Waals surface area contributed by atoms with Crippen LogP contribution < -0.4 is 0 Å². The van der Waals surface area contributed by atoms with Crippen molar-refractivity contribution < 1.29 is 0 Å². The first kappa shape index (κ1) is 25.0. The zero-order valence-corrected chi connectivity index (χ0v) is 24.1. The van der Waals surface area contributed by atoms with Crippen LogP contribution in [-0.4, -0.2) is 19.0 Å². The molecule has 42 heavy (non-hydrogen) atoms. The van der Waals surface area contributed by atoms with Crippen molar-refractivity contribution >= 4 is 0 Å². The number of hydrogen-bond donors (Lipinski definition) is 0. The monoisotopic (exact) mass is 539 g/mol. The maximum atomic E-state index is 2.40. The van der Waals surface area contributed by atoms with Crippen LogP contribution in [-0.2, 0) is 17.4 Å². The summed E-state index contributed by atoms with van der Waals surface area (Å²) in [4.78, 5) is 2.23. The summed E-state index contributed by atoms with van der Waals surface area (Å²) in [6.07, 6.45) is 0. The van der Waals surface area contributed by atoms with E-state index in [4.69, 9.17) is 0 Å². The number of benzene rings is 6. The van der Waals surface area contributed by atoms with Gasteiger partial charge in [-0.25, -0.2) is 0 Å². The minimum Gasteiger partial charge on any atom is -0.305 e. The number of hydrogen-bond acceptors (Lipinski definition) is 1. The Bertz CT molecular complexity index is 1920. The molecule has 0 N–H and O–H groups in total. The van der Waals surface area contributed by atoms with E-state index in [9.17, 15) is 0 Å². The normalized spacial score (nSPS) is 19.7. The lowest BCUT2D eigenvalue weighted by Crippen LogP contribution is -2.44. The summed E-state index contributed by atoms with van der Waals surface area (Å²) < 4.78 is 0. The van der Waals surface area contributed by atoms with Gasteiger partial charge in [0.05, 0.1) is 10.8 Å². The van der Waals surface area contributed by atoms with Gasteiger partial charge in [0.2, 0.25) is 0 Å². The van der Waals surface area contributed by atoms with Crippen molar-refractivity contribution in [2.24, 2.45) is 0 Å². The molecule has 0 aliphatic heterocycles. The lowest BCUT2D eigenvalue weighted by atomic mass is 9.52. The fourth-order valence-electron chi connectivity index (χ4n) is 8.08. The second-order valence-electron chi connectivity index (χ2n) is 12.0. The quantitative estimate of drug-likeness (QED) is 0.211. The van der Waals surface area contributed by atoms with Gasteiger partial charge in [-0.1, -0.05) is 152 Å². The van der Waals surface area contributed by atoms with Crippen molar-refractivity contribution in [3.63, 3.8) is 0 Å². The molecular weight excluding hydrogens is 506 g/mol. The predicted octanol–water partition coefficient (Wildman–Crippen LogP) is 8.81. The summed E-state index contributed by atoms with van der Waals surface area (Å²) in [5, 5.41) is 0. The van der Waals surface area contributed by atoms with E-state index in [1.807, 2.05) is 0 Å². The smallest absolute Gasteiger partial charge is 0.0720 e. The Morgan fingerprint density at radius 3 is 1.52 bits per heavy atom. The predicted molar refractivity (Wildman–Crippen MR) is 173 cm³/mol. The molecule has 0 bridgehead atoms. The third-order valence-corrected chi connectivity index (χ3v) is 9.50. The average molecular weight is 540 g/mol. The molecule has 2 atom stereocenters. The Balaban J connectivity index is 1.56. The van der Waals surface area contributed by atoms with Gasteiger partial charge in [-0.3, -0.25) is 0 Å². The summed E-state index contributed by atoms with van der Waals surface area (Å²) in [7, 11) is 4.26. The van der Waals surface area contributed by atoms with E-state index < -0.39 is 10.8 Å². The molecule has 0 aromatic heterocycles. The summed E-state index contributed by atoms with van der Waals surface area (Å²) in [5.41, 5.74) is 13.9. The third kappa shape index (κ3) is 3.23. The second kappa shape index (κ2) is 9.41. The molecule has 1 nitrogen and oxygen atoms in total. The van der Waals surface area contributed by atoms with E-state index in [1.54, 1.807) is 0 Å². The molecule has 6 aromatic carbocycles. The van der Waals surface area contributed by atoms with E-state index >= 15 is 0 Å². The highest BCUT2D eigenvalue weighted by atomic mass is 15.0. The maximum Gasteiger partial charge on any atom is 0.0720 e. The van der Waals surface area contributed by atoms with Crippen LogP contribution in [0.2, 0.25) is 0 Å². The van der Waals surface area contributed by atoms with Gasteiger partial charge in [0.1, 0.15) is 0 Å². The SMILES string of the molecule is CN(C)Cc1ccc(C2(c3ccccc3)c3ccccc3C3(c4ccccc4)c4ccccc4-c4cccc2c43)cc1. The van der Waals surface area contributed by atoms with Gasteiger partial charge in [-0.05, 0) is 75.3 Å². The van der Waals surface area contributed by atoms with E-state index in [0.717, 1.165) is 6.54 Å². The van der Waals surface area contributed by atoms with Gasteiger partial charge in [0, 0.05) is 6.54 Å². The third-order valence-electron chi connectivity index (χ3n) is 9.50. The zero-order chi connectivity index (χ0) is 28.3. The van der Waals surface area contributed by atoms with E-state index in [2.05, 4.69) is 171 Å². The molecule has 0 spiro atoms. The summed E-state index contributed by atoms with van der Waals surface area (Å²) in [6, 6.07) is 57.0. The van der Waals surface area contributed by atoms with Crippen LogP contribution in [0.3, 0.4) is 0 Å². The van der Waals surface area contributed by atoms with Crippen molar-refractivity contribution in [3.05, 3.63) is 202 Å². The molecule has 1 heteroatoms. The van der Waals surface area contributed by atoms with Crippen molar-refractivity contribution in [1.29, 1.82) is 0 Å². The van der Waals surface area contributed by atoms with Crippen LogP contribution in [0.5, 0.6) is 0 Å². The van der Waals surface area contributed by atoms with Crippen LogP contribution in [0.1, 0.15) is 50.1 Å². The minimum absolute atomic E-state index is 0.399. The lowest BCUT2D eigenvalue weighted by Gasteiger charge is -2.49. The summed E-state index contributed by atoms with van der Waals surface area (Å²) >= 11 is 0. The fourth-order valence-corrected chi connectivity index (χ4v) is 8.08. The maximum absolute atomic E-state index is 2.40. The molecule has 0 heterocycles. The Hall–Kier alpha value is -4.72. The van der Waals surface area contributed by atoms with Crippen LogP contribution in [0, 0.1) is 0 Å². The van der Waals surface area contributed by atoms with E-state index in [-0.39, 0.29) is 0 Å². The van der Waals surface area contributed by atoms with Gasteiger partial charge in [-0.15, -0.1) is 0 Å². The van der Waals surface area contributed by atoms with Crippen LogP contribution in [0.15, 0.2) is 152 Å². The first-order valence-electron chi connectivity index (χ1n) is 14.9. The van der Waals surface area contributed by atoms with Crippen LogP contribution in [0.25, 0.3) is 11.1 Å². The molecule has 0 fully saturated rings. The van der Waals surface area contributed by atoms with Crippen LogP contribution >= 0.6 is 0 Å². The molecule has 0 radical (unpaired) electrons. The number of rotatable bonds is 5. The Morgan fingerprint density at radius 2 is 0.881 bits per heavy atom. The first-order chi connectivity index (χ1) is 20.7. The summed E-state index contributed by atoms with van der Waals surface area (Å²) in [5.74, 6) is 0. The largest absolute Gasteiger partial charge is 0.305 e. The van der Waals surface area contributed by atoms with Gasteiger partial charge in [0.25, 0.3) is 0 Å². The highest BCUT2D eigenvalue weighted by Crippen LogP contribution is 2.65. The topological polar surface area (TPSA) is 3.24 Å². The van der Waals surface area contributed by atoms with Gasteiger partial charge in [-0.2, -0.15) is 0 Å².